The molecule has 0 amide bonds. The summed E-state index contributed by atoms with van der Waals surface area (Å²) in [7, 11) is -3.95. The van der Waals surface area contributed by atoms with Crippen LogP contribution in [-0.2, 0) is 10.0 Å². The molecule has 0 unspecified atom stereocenters. The predicted molar refractivity (Wildman–Crippen MR) is 76.7 cm³/mol. The zero-order valence-electron chi connectivity index (χ0n) is 11.0. The highest BCUT2D eigenvalue weighted by Gasteiger charge is 2.22. The lowest BCUT2D eigenvalue weighted by molar-refractivity contribution is -0.384. The van der Waals surface area contributed by atoms with Crippen LogP contribution in [0.4, 0.5) is 11.4 Å². The van der Waals surface area contributed by atoms with Crippen LogP contribution < -0.4 is 4.72 Å². The lowest BCUT2D eigenvalue weighted by Crippen LogP contribution is -2.15. The van der Waals surface area contributed by atoms with Crippen LogP contribution >= 0.6 is 0 Å². The van der Waals surface area contributed by atoms with E-state index in [1.165, 1.54) is 12.1 Å². The van der Waals surface area contributed by atoms with Gasteiger partial charge in [0.05, 0.1) is 15.9 Å². The highest BCUT2D eigenvalue weighted by atomic mass is 32.2. The van der Waals surface area contributed by atoms with Crippen molar-refractivity contribution in [2.75, 3.05) is 4.72 Å². The Labute approximate surface area is 121 Å². The van der Waals surface area contributed by atoms with Gasteiger partial charge in [0.1, 0.15) is 11.4 Å². The molecule has 0 saturated heterocycles. The number of sulfonamides is 1. The molecular weight excluding hydrogens is 296 g/mol. The van der Waals surface area contributed by atoms with Crippen LogP contribution in [0, 0.1) is 17.0 Å². The molecule has 0 aromatic heterocycles. The maximum atomic E-state index is 12.3. The molecule has 0 aliphatic rings. The van der Waals surface area contributed by atoms with Crippen molar-refractivity contribution in [3.63, 3.8) is 0 Å². The highest BCUT2D eigenvalue weighted by molar-refractivity contribution is 7.92. The molecule has 21 heavy (non-hydrogen) atoms. The first kappa shape index (κ1) is 14.8. The van der Waals surface area contributed by atoms with E-state index in [1.807, 2.05) is 0 Å². The fourth-order valence-electron chi connectivity index (χ4n) is 1.82. The molecular formula is C13H12N2O5S. The van der Waals surface area contributed by atoms with Crippen LogP contribution in [-0.4, -0.2) is 18.4 Å². The molecule has 0 aliphatic carbocycles. The number of nitrogens with zero attached hydrogens (tertiary/aromatic N) is 1. The fraction of sp³-hybridized carbons (Fsp3) is 0.0769. The number of hydrogen-bond donors (Lipinski definition) is 2. The van der Waals surface area contributed by atoms with Gasteiger partial charge >= 0.3 is 0 Å². The quantitative estimate of drug-likeness (QED) is 0.512. The Balaban J connectivity index is 2.47. The Morgan fingerprint density at radius 1 is 1.19 bits per heavy atom. The van der Waals surface area contributed by atoms with E-state index >= 15 is 0 Å². The summed E-state index contributed by atoms with van der Waals surface area (Å²) >= 11 is 0. The molecule has 8 heteroatoms. The highest BCUT2D eigenvalue weighted by Crippen LogP contribution is 2.30. The summed E-state index contributed by atoms with van der Waals surface area (Å²) in [5, 5.41) is 20.2. The summed E-state index contributed by atoms with van der Waals surface area (Å²) in [6.45, 7) is 1.62. The van der Waals surface area contributed by atoms with Crippen LogP contribution in [0.2, 0.25) is 0 Å². The number of nitro benzene ring substituents is 1. The van der Waals surface area contributed by atoms with Gasteiger partial charge in [0, 0.05) is 0 Å². The van der Waals surface area contributed by atoms with Crippen LogP contribution in [0.15, 0.2) is 47.4 Å². The predicted octanol–water partition coefficient (Wildman–Crippen LogP) is 2.41. The molecule has 2 aromatic rings. The van der Waals surface area contributed by atoms with Crippen molar-refractivity contribution in [3.8, 4) is 5.75 Å². The largest absolute Gasteiger partial charge is 0.508 e. The van der Waals surface area contributed by atoms with Crippen molar-refractivity contribution in [1.82, 2.24) is 0 Å². The first-order valence-corrected chi connectivity index (χ1v) is 7.35. The lowest BCUT2D eigenvalue weighted by Gasteiger charge is -2.10. The second-order valence-corrected chi connectivity index (χ2v) is 5.98. The topological polar surface area (TPSA) is 110 Å². The Morgan fingerprint density at radius 2 is 1.86 bits per heavy atom. The zero-order chi connectivity index (χ0) is 15.6. The monoisotopic (exact) mass is 308 g/mol. The third-order valence-corrected chi connectivity index (χ3v) is 4.33. The van der Waals surface area contributed by atoms with E-state index in [2.05, 4.69) is 4.72 Å². The standard InChI is InChI=1S/C13H12N2O5S/c1-9-4-2-3-5-13(9)21(19,20)14-11-7-6-10(16)8-12(11)15(17)18/h2-8,14,16H,1H3. The summed E-state index contributed by atoms with van der Waals surface area (Å²) in [4.78, 5) is 10.2. The summed E-state index contributed by atoms with van der Waals surface area (Å²) in [5.74, 6) is -0.319. The number of hydrogen-bond acceptors (Lipinski definition) is 5. The van der Waals surface area contributed by atoms with Gasteiger partial charge in [0.2, 0.25) is 0 Å². The first-order chi connectivity index (χ1) is 9.81. The Kier molecular flexibility index (Phi) is 3.81. The maximum absolute atomic E-state index is 12.3. The molecule has 0 radical (unpaired) electrons. The second kappa shape index (κ2) is 5.41. The second-order valence-electron chi connectivity index (χ2n) is 4.33. The fourth-order valence-corrected chi connectivity index (χ4v) is 3.14. The van der Waals surface area contributed by atoms with E-state index in [9.17, 15) is 23.6 Å². The van der Waals surface area contributed by atoms with Crippen molar-refractivity contribution in [2.45, 2.75) is 11.8 Å². The van der Waals surface area contributed by atoms with Gasteiger partial charge in [-0.2, -0.15) is 0 Å². The van der Waals surface area contributed by atoms with Gasteiger partial charge in [-0.25, -0.2) is 8.42 Å². The van der Waals surface area contributed by atoms with Crippen LogP contribution in [0.3, 0.4) is 0 Å². The maximum Gasteiger partial charge on any atom is 0.297 e. The Bertz CT molecular complexity index is 802. The summed E-state index contributed by atoms with van der Waals surface area (Å²) in [6.07, 6.45) is 0. The van der Waals surface area contributed by atoms with E-state index in [4.69, 9.17) is 0 Å². The molecule has 2 N–H and O–H groups in total. The average Bonchev–Trinajstić information content (AvgIpc) is 2.40. The number of phenols is 1. The number of phenolic OH excluding ortho intramolecular Hbond substituents is 1. The third kappa shape index (κ3) is 3.11. The molecule has 2 rings (SSSR count). The van der Waals surface area contributed by atoms with E-state index in [0.29, 0.717) is 5.56 Å². The average molecular weight is 308 g/mol. The van der Waals surface area contributed by atoms with Gasteiger partial charge < -0.3 is 5.11 Å². The van der Waals surface area contributed by atoms with Gasteiger partial charge in [0.25, 0.3) is 15.7 Å². The van der Waals surface area contributed by atoms with Gasteiger partial charge in [0.15, 0.2) is 0 Å². The van der Waals surface area contributed by atoms with Crippen LogP contribution in [0.25, 0.3) is 0 Å². The SMILES string of the molecule is Cc1ccccc1S(=O)(=O)Nc1ccc(O)cc1[N+](=O)[O-]. The Hall–Kier alpha value is -2.61. The van der Waals surface area contributed by atoms with Gasteiger partial charge in [-0.05, 0) is 30.7 Å². The molecule has 110 valence electrons. The van der Waals surface area contributed by atoms with Crippen molar-refractivity contribution in [2.24, 2.45) is 0 Å². The minimum Gasteiger partial charge on any atom is -0.508 e. The first-order valence-electron chi connectivity index (χ1n) is 5.87. The molecule has 2 aromatic carbocycles. The molecule has 0 saturated carbocycles. The zero-order valence-corrected chi connectivity index (χ0v) is 11.8. The number of anilines is 1. The number of nitro groups is 1. The van der Waals surface area contributed by atoms with Gasteiger partial charge in [-0.3, -0.25) is 14.8 Å². The number of aryl methyl sites for hydroxylation is 1. The van der Waals surface area contributed by atoms with Crippen molar-refractivity contribution >= 4 is 21.4 Å². The van der Waals surface area contributed by atoms with Crippen molar-refractivity contribution in [1.29, 1.82) is 0 Å². The Morgan fingerprint density at radius 3 is 2.48 bits per heavy atom. The van der Waals surface area contributed by atoms with E-state index in [-0.39, 0.29) is 16.3 Å². The third-order valence-electron chi connectivity index (χ3n) is 2.81. The number of aromatic hydroxyl groups is 1. The molecule has 0 spiro atoms. The van der Waals surface area contributed by atoms with Crippen LogP contribution in [0.5, 0.6) is 5.75 Å². The van der Waals surface area contributed by atoms with E-state index in [1.54, 1.807) is 25.1 Å². The smallest absolute Gasteiger partial charge is 0.297 e. The normalized spacial score (nSPS) is 11.1. The van der Waals surface area contributed by atoms with Crippen LogP contribution in [0.1, 0.15) is 5.56 Å². The minimum atomic E-state index is -3.95. The minimum absolute atomic E-state index is 0.0346. The van der Waals surface area contributed by atoms with Gasteiger partial charge in [-0.1, -0.05) is 18.2 Å². The lowest BCUT2D eigenvalue weighted by atomic mass is 10.2. The van der Waals surface area contributed by atoms with Crippen molar-refractivity contribution < 1.29 is 18.4 Å². The molecule has 0 atom stereocenters. The summed E-state index contributed by atoms with van der Waals surface area (Å²) < 4.78 is 26.7. The number of rotatable bonds is 4. The molecule has 0 heterocycles. The molecule has 0 fully saturated rings. The van der Waals surface area contributed by atoms with E-state index in [0.717, 1.165) is 12.1 Å². The molecule has 7 nitrogen and oxygen atoms in total. The van der Waals surface area contributed by atoms with Crippen molar-refractivity contribution in [3.05, 3.63) is 58.1 Å². The summed E-state index contributed by atoms with van der Waals surface area (Å²) in [5.41, 5.74) is -0.209. The van der Waals surface area contributed by atoms with E-state index < -0.39 is 20.6 Å². The molecule has 0 aliphatic heterocycles. The molecule has 0 bridgehead atoms. The van der Waals surface area contributed by atoms with Gasteiger partial charge in [-0.15, -0.1) is 0 Å². The summed E-state index contributed by atoms with van der Waals surface area (Å²) in [6, 6.07) is 9.48. The number of benzene rings is 2. The number of nitrogens with one attached hydrogen (secondary N) is 1.